The van der Waals surface area contributed by atoms with E-state index in [0.717, 1.165) is 0 Å². The first-order chi connectivity index (χ1) is 11.8. The maximum absolute atomic E-state index is 10.4. The Hall–Kier alpha value is -0.570. The van der Waals surface area contributed by atoms with Gasteiger partial charge in [0.25, 0.3) is 0 Å². The minimum absolute atomic E-state index is 0.565. The fourth-order valence-electron chi connectivity index (χ4n) is 2.72. The minimum atomic E-state index is -1.69. The molecule has 0 radical (unpaired) electrons. The van der Waals surface area contributed by atoms with E-state index in [1.807, 2.05) is 0 Å². The number of aliphatic hydroxyl groups is 6. The minimum Gasteiger partial charge on any atom is -0.394 e. The lowest BCUT2D eigenvalue weighted by Crippen LogP contribution is -2.63. The molecule has 0 saturated carbocycles. The van der Waals surface area contributed by atoms with Gasteiger partial charge in [-0.15, -0.1) is 0 Å². The van der Waals surface area contributed by atoms with Crippen molar-refractivity contribution in [1.29, 1.82) is 0 Å². The van der Waals surface area contributed by atoms with Gasteiger partial charge in [-0.2, -0.15) is 0 Å². The summed E-state index contributed by atoms with van der Waals surface area (Å²) >= 11 is 3.08. The van der Waals surface area contributed by atoms with Crippen LogP contribution in [0.1, 0.15) is 0 Å². The van der Waals surface area contributed by atoms with E-state index in [-0.39, 0.29) is 0 Å². The third kappa shape index (κ3) is 4.23. The summed E-state index contributed by atoms with van der Waals surface area (Å²) in [6.45, 7) is -1.22. The summed E-state index contributed by atoms with van der Waals surface area (Å²) in [6.07, 6.45) is -11.4. The topological polar surface area (TPSA) is 198 Å². The Balaban J connectivity index is 2.18. The van der Waals surface area contributed by atoms with Crippen LogP contribution in [0.2, 0.25) is 0 Å². The van der Waals surface area contributed by atoms with Gasteiger partial charge in [-0.05, 0) is 5.53 Å². The van der Waals surface area contributed by atoms with Gasteiger partial charge in [0.1, 0.15) is 47.7 Å². The number of ether oxygens (including phenoxy) is 3. The third-order valence-electron chi connectivity index (χ3n) is 4.13. The zero-order valence-corrected chi connectivity index (χ0v) is 14.4. The predicted molar refractivity (Wildman–Crippen MR) is 82.3 cm³/mol. The maximum Gasteiger partial charge on any atom is 0.187 e. The number of nitrogens with zero attached hydrogens (tertiary/aromatic N) is 3. The summed E-state index contributed by atoms with van der Waals surface area (Å²) in [5.74, 6) is 0. The van der Waals surface area contributed by atoms with Crippen LogP contribution in [0.15, 0.2) is 5.11 Å². The molecule has 2 heterocycles. The highest BCUT2D eigenvalue weighted by Gasteiger charge is 2.50. The van der Waals surface area contributed by atoms with Gasteiger partial charge in [0, 0.05) is 4.91 Å². The Kier molecular flexibility index (Phi) is 7.37. The van der Waals surface area contributed by atoms with Gasteiger partial charge in [0.05, 0.1) is 19.3 Å². The van der Waals surface area contributed by atoms with Gasteiger partial charge in [0.15, 0.2) is 6.29 Å². The largest absolute Gasteiger partial charge is 0.394 e. The zero-order valence-electron chi connectivity index (χ0n) is 12.8. The van der Waals surface area contributed by atoms with Crippen LogP contribution in [0.3, 0.4) is 0 Å². The molecule has 0 spiro atoms. The summed E-state index contributed by atoms with van der Waals surface area (Å²) in [4.78, 5) is 2.60. The summed E-state index contributed by atoms with van der Waals surface area (Å²) in [5, 5.41) is 61.0. The molecule has 0 aromatic carbocycles. The fraction of sp³-hybridized carbons (Fsp3) is 1.00. The van der Waals surface area contributed by atoms with Gasteiger partial charge in [0.2, 0.25) is 0 Å². The third-order valence-corrected chi connectivity index (χ3v) is 4.89. The summed E-state index contributed by atoms with van der Waals surface area (Å²) < 4.78 is 16.0. The highest BCUT2D eigenvalue weighted by atomic mass is 79.9. The molecule has 2 saturated heterocycles. The number of hydrogen-bond donors (Lipinski definition) is 6. The molecule has 0 aromatic heterocycles. The van der Waals surface area contributed by atoms with Crippen LogP contribution < -0.4 is 0 Å². The SMILES string of the molecule is [N-]=[N+]=N[C@H]1C(Br)O[C@H](CO)[C@@H](O[C@@H]2O[C@H](CO)[C@H](O)[C@H](O)[C@H]2O)[C@@H]1O. The molecule has 10 atom stereocenters. The Bertz CT molecular complexity index is 494. The van der Waals surface area contributed by atoms with Gasteiger partial charge < -0.3 is 44.8 Å². The molecule has 2 fully saturated rings. The number of aliphatic hydroxyl groups excluding tert-OH is 6. The van der Waals surface area contributed by atoms with Crippen LogP contribution in [-0.2, 0) is 14.2 Å². The standard InChI is InChI=1S/C12H20BrN3O9/c13-11-5(15-16-14)7(20)10(4(2-18)23-11)25-12-9(22)8(21)6(19)3(1-17)24-12/h3-12,17-22H,1-2H2/t3-,4-,5-,6+,7-,8+,9-,10-,11?,12+/m1/s1. The van der Waals surface area contributed by atoms with E-state index in [9.17, 15) is 30.6 Å². The number of rotatable bonds is 5. The van der Waals surface area contributed by atoms with Crippen LogP contribution in [-0.4, -0.2) is 104 Å². The molecule has 12 nitrogen and oxygen atoms in total. The van der Waals surface area contributed by atoms with Crippen molar-refractivity contribution in [3.05, 3.63) is 10.4 Å². The predicted octanol–water partition coefficient (Wildman–Crippen LogP) is -2.68. The first-order valence-corrected chi connectivity index (χ1v) is 8.35. The van der Waals surface area contributed by atoms with Crippen molar-refractivity contribution >= 4 is 15.9 Å². The van der Waals surface area contributed by atoms with Crippen molar-refractivity contribution in [2.75, 3.05) is 13.2 Å². The molecule has 2 aliphatic heterocycles. The molecule has 0 aliphatic carbocycles. The van der Waals surface area contributed by atoms with Gasteiger partial charge >= 0.3 is 0 Å². The van der Waals surface area contributed by atoms with Crippen LogP contribution >= 0.6 is 15.9 Å². The maximum atomic E-state index is 10.4. The second-order valence-electron chi connectivity index (χ2n) is 5.69. The molecule has 144 valence electrons. The lowest BCUT2D eigenvalue weighted by atomic mass is 9.97. The van der Waals surface area contributed by atoms with E-state index in [1.54, 1.807) is 0 Å². The lowest BCUT2D eigenvalue weighted by Gasteiger charge is -2.45. The van der Waals surface area contributed by atoms with Crippen LogP contribution in [0.5, 0.6) is 0 Å². The summed E-state index contributed by atoms with van der Waals surface area (Å²) in [5.41, 5.74) is 8.58. The highest BCUT2D eigenvalue weighted by Crippen LogP contribution is 2.32. The molecule has 6 N–H and O–H groups in total. The highest BCUT2D eigenvalue weighted by molar-refractivity contribution is 9.09. The molecule has 0 aromatic rings. The fourth-order valence-corrected chi connectivity index (χ4v) is 3.42. The molecule has 2 aliphatic rings. The second kappa shape index (κ2) is 8.88. The first-order valence-electron chi connectivity index (χ1n) is 7.44. The first kappa shape index (κ1) is 20.7. The van der Waals surface area contributed by atoms with Gasteiger partial charge in [-0.1, -0.05) is 21.0 Å². The monoisotopic (exact) mass is 429 g/mol. The van der Waals surface area contributed by atoms with Crippen molar-refractivity contribution < 1.29 is 44.8 Å². The van der Waals surface area contributed by atoms with E-state index < -0.39 is 73.3 Å². The molecular weight excluding hydrogens is 410 g/mol. The lowest BCUT2D eigenvalue weighted by molar-refractivity contribution is -0.332. The van der Waals surface area contributed by atoms with Crippen LogP contribution in [0.4, 0.5) is 0 Å². The molecule has 13 heteroatoms. The molecule has 2 rings (SSSR count). The quantitative estimate of drug-likeness (QED) is 0.116. The number of halogens is 1. The van der Waals surface area contributed by atoms with Crippen molar-refractivity contribution in [1.82, 2.24) is 0 Å². The van der Waals surface area contributed by atoms with E-state index >= 15 is 0 Å². The van der Waals surface area contributed by atoms with Crippen LogP contribution in [0, 0.1) is 0 Å². The zero-order chi connectivity index (χ0) is 18.7. The van der Waals surface area contributed by atoms with Crippen LogP contribution in [0.25, 0.3) is 10.4 Å². The number of hydrogen-bond acceptors (Lipinski definition) is 10. The molecule has 0 amide bonds. The second-order valence-corrected chi connectivity index (χ2v) is 6.59. The Labute approximate surface area is 150 Å². The van der Waals surface area contributed by atoms with Crippen molar-refractivity contribution in [2.24, 2.45) is 5.11 Å². The van der Waals surface area contributed by atoms with E-state index in [4.69, 9.17) is 19.7 Å². The van der Waals surface area contributed by atoms with E-state index in [2.05, 4.69) is 26.0 Å². The molecule has 25 heavy (non-hydrogen) atoms. The molecule has 0 bridgehead atoms. The number of azide groups is 1. The summed E-state index contributed by atoms with van der Waals surface area (Å²) in [7, 11) is 0. The smallest absolute Gasteiger partial charge is 0.187 e. The Morgan fingerprint density at radius 2 is 1.60 bits per heavy atom. The Morgan fingerprint density at radius 3 is 2.16 bits per heavy atom. The Morgan fingerprint density at radius 1 is 0.960 bits per heavy atom. The average molecular weight is 430 g/mol. The van der Waals surface area contributed by atoms with Crippen molar-refractivity contribution in [3.8, 4) is 0 Å². The molecular formula is C12H20BrN3O9. The van der Waals surface area contributed by atoms with Crippen molar-refractivity contribution in [2.45, 2.75) is 60.1 Å². The van der Waals surface area contributed by atoms with Crippen molar-refractivity contribution in [3.63, 3.8) is 0 Å². The normalized spacial score (nSPS) is 48.0. The van der Waals surface area contributed by atoms with E-state index in [0.29, 0.717) is 0 Å². The number of alkyl halides is 1. The molecule has 1 unspecified atom stereocenters. The summed E-state index contributed by atoms with van der Waals surface area (Å²) in [6, 6.07) is -1.09. The van der Waals surface area contributed by atoms with Gasteiger partial charge in [-0.25, -0.2) is 0 Å². The average Bonchev–Trinajstić information content (AvgIpc) is 2.60. The van der Waals surface area contributed by atoms with Gasteiger partial charge in [-0.3, -0.25) is 0 Å². The van der Waals surface area contributed by atoms with E-state index in [1.165, 1.54) is 0 Å².